The number of nitrogens with one attached hydrogen (secondary N) is 1. The summed E-state index contributed by atoms with van der Waals surface area (Å²) in [5.74, 6) is -0.114. The van der Waals surface area contributed by atoms with Crippen molar-refractivity contribution in [2.75, 3.05) is 12.4 Å². The molecule has 0 saturated heterocycles. The van der Waals surface area contributed by atoms with E-state index in [-0.39, 0.29) is 17.2 Å². The van der Waals surface area contributed by atoms with Crippen molar-refractivity contribution in [3.8, 4) is 0 Å². The van der Waals surface area contributed by atoms with Gasteiger partial charge < -0.3 is 10.1 Å². The number of carbonyl (C=O) groups excluding carboxylic acids is 1. The molecule has 3 nitrogen and oxygen atoms in total. The van der Waals surface area contributed by atoms with Gasteiger partial charge >= 0.3 is 5.97 Å². The molecule has 2 atom stereocenters. The smallest absolute Gasteiger partial charge is 0.331 e. The summed E-state index contributed by atoms with van der Waals surface area (Å²) in [5, 5.41) is 3.32. The average molecular weight is 293 g/mol. The summed E-state index contributed by atoms with van der Waals surface area (Å²) in [6, 6.07) is 6.11. The highest BCUT2D eigenvalue weighted by Crippen LogP contribution is 2.45. The SMILES string of the molecule is COC(=O)C1(Nc2ccc(F)cc2)CC(C)CC(C)(C)C1. The predicted molar refractivity (Wildman–Crippen MR) is 81.6 cm³/mol. The molecule has 0 amide bonds. The first-order chi connectivity index (χ1) is 9.76. The molecular weight excluding hydrogens is 269 g/mol. The van der Waals surface area contributed by atoms with Gasteiger partial charge in [-0.3, -0.25) is 0 Å². The molecule has 1 fully saturated rings. The van der Waals surface area contributed by atoms with Crippen molar-refractivity contribution >= 4 is 11.7 Å². The second-order valence-corrected chi connectivity index (χ2v) is 7.06. The summed E-state index contributed by atoms with van der Waals surface area (Å²) >= 11 is 0. The van der Waals surface area contributed by atoms with Crippen LogP contribution in [0.3, 0.4) is 0 Å². The third kappa shape index (κ3) is 3.55. The van der Waals surface area contributed by atoms with Gasteiger partial charge in [-0.2, -0.15) is 0 Å². The van der Waals surface area contributed by atoms with Crippen LogP contribution in [-0.2, 0) is 9.53 Å². The first kappa shape index (κ1) is 15.8. The lowest BCUT2D eigenvalue weighted by molar-refractivity contribution is -0.149. The Morgan fingerprint density at radius 1 is 1.29 bits per heavy atom. The highest BCUT2D eigenvalue weighted by molar-refractivity contribution is 5.84. The Morgan fingerprint density at radius 3 is 2.43 bits per heavy atom. The van der Waals surface area contributed by atoms with Crippen molar-refractivity contribution in [1.82, 2.24) is 0 Å². The molecule has 21 heavy (non-hydrogen) atoms. The zero-order valence-electron chi connectivity index (χ0n) is 13.2. The molecule has 1 N–H and O–H groups in total. The fourth-order valence-electron chi connectivity index (χ4n) is 3.88. The van der Waals surface area contributed by atoms with Gasteiger partial charge in [0.05, 0.1) is 7.11 Å². The molecule has 4 heteroatoms. The Kier molecular flexibility index (Phi) is 4.26. The van der Waals surface area contributed by atoms with Crippen LogP contribution in [-0.4, -0.2) is 18.6 Å². The Balaban J connectivity index is 2.33. The number of rotatable bonds is 3. The molecule has 0 radical (unpaired) electrons. The molecule has 2 unspecified atom stereocenters. The van der Waals surface area contributed by atoms with Crippen molar-refractivity contribution in [2.24, 2.45) is 11.3 Å². The summed E-state index contributed by atoms with van der Waals surface area (Å²) < 4.78 is 18.1. The summed E-state index contributed by atoms with van der Waals surface area (Å²) in [7, 11) is 1.42. The molecule has 1 aromatic carbocycles. The number of halogens is 1. The molecule has 0 aromatic heterocycles. The molecule has 0 bridgehead atoms. The minimum Gasteiger partial charge on any atom is -0.467 e. The van der Waals surface area contributed by atoms with E-state index in [0.29, 0.717) is 12.3 Å². The molecule has 1 aliphatic rings. The summed E-state index contributed by atoms with van der Waals surface area (Å²) in [6.45, 7) is 6.50. The fraction of sp³-hybridized carbons (Fsp3) is 0.588. The van der Waals surface area contributed by atoms with E-state index in [4.69, 9.17) is 4.74 Å². The van der Waals surface area contributed by atoms with Gasteiger partial charge in [-0.1, -0.05) is 20.8 Å². The average Bonchev–Trinajstić information content (AvgIpc) is 2.38. The van der Waals surface area contributed by atoms with Crippen LogP contribution in [0.4, 0.5) is 10.1 Å². The van der Waals surface area contributed by atoms with Crippen LogP contribution in [0.5, 0.6) is 0 Å². The number of benzene rings is 1. The number of anilines is 1. The third-order valence-corrected chi connectivity index (χ3v) is 4.18. The van der Waals surface area contributed by atoms with Crippen molar-refractivity contribution in [2.45, 2.75) is 45.6 Å². The number of hydrogen-bond donors (Lipinski definition) is 1. The predicted octanol–water partition coefficient (Wildman–Crippen LogP) is 4.00. The van der Waals surface area contributed by atoms with Crippen molar-refractivity contribution in [3.05, 3.63) is 30.1 Å². The summed E-state index contributed by atoms with van der Waals surface area (Å²) in [4.78, 5) is 12.4. The van der Waals surface area contributed by atoms with Crippen LogP contribution in [0, 0.1) is 17.2 Å². The molecular formula is C17H24FNO2. The minimum atomic E-state index is -0.742. The summed E-state index contributed by atoms with van der Waals surface area (Å²) in [5.41, 5.74) is 0.0545. The van der Waals surface area contributed by atoms with E-state index in [2.05, 4.69) is 26.1 Å². The fourth-order valence-corrected chi connectivity index (χ4v) is 3.88. The molecule has 0 heterocycles. The number of hydrogen-bond acceptors (Lipinski definition) is 3. The number of methoxy groups -OCH3 is 1. The maximum Gasteiger partial charge on any atom is 0.331 e. The largest absolute Gasteiger partial charge is 0.467 e. The Bertz CT molecular complexity index is 512. The highest BCUT2D eigenvalue weighted by atomic mass is 19.1. The van der Waals surface area contributed by atoms with Crippen LogP contribution in [0.2, 0.25) is 0 Å². The van der Waals surface area contributed by atoms with E-state index < -0.39 is 5.54 Å². The van der Waals surface area contributed by atoms with E-state index in [9.17, 15) is 9.18 Å². The van der Waals surface area contributed by atoms with E-state index in [1.54, 1.807) is 12.1 Å². The lowest BCUT2D eigenvalue weighted by Crippen LogP contribution is -2.54. The van der Waals surface area contributed by atoms with Gasteiger partial charge in [0.1, 0.15) is 11.4 Å². The van der Waals surface area contributed by atoms with Gasteiger partial charge in [0, 0.05) is 5.69 Å². The highest BCUT2D eigenvalue weighted by Gasteiger charge is 2.48. The number of ether oxygens (including phenoxy) is 1. The molecule has 116 valence electrons. The first-order valence-corrected chi connectivity index (χ1v) is 7.38. The first-order valence-electron chi connectivity index (χ1n) is 7.38. The zero-order valence-corrected chi connectivity index (χ0v) is 13.2. The van der Waals surface area contributed by atoms with Gasteiger partial charge in [0.2, 0.25) is 0 Å². The van der Waals surface area contributed by atoms with E-state index in [0.717, 1.165) is 18.5 Å². The molecule has 2 rings (SSSR count). The molecule has 1 aliphatic carbocycles. The van der Waals surface area contributed by atoms with E-state index in [1.807, 2.05) is 0 Å². The standard InChI is InChI=1S/C17H24FNO2/c1-12-9-16(2,3)11-17(10-12,15(20)21-4)19-14-7-5-13(18)6-8-14/h5-8,12,19H,9-11H2,1-4H3. The Morgan fingerprint density at radius 2 is 1.90 bits per heavy atom. The number of esters is 1. The second kappa shape index (κ2) is 5.66. The number of carbonyl (C=O) groups is 1. The lowest BCUT2D eigenvalue weighted by atomic mass is 9.64. The van der Waals surface area contributed by atoms with Crippen LogP contribution in [0.25, 0.3) is 0 Å². The molecule has 1 aromatic rings. The maximum absolute atomic E-state index is 13.1. The van der Waals surface area contributed by atoms with Gasteiger partial charge in [0.25, 0.3) is 0 Å². The van der Waals surface area contributed by atoms with Gasteiger partial charge in [-0.05, 0) is 54.9 Å². The lowest BCUT2D eigenvalue weighted by Gasteiger charge is -2.46. The van der Waals surface area contributed by atoms with Crippen molar-refractivity contribution in [1.29, 1.82) is 0 Å². The minimum absolute atomic E-state index is 0.0545. The normalized spacial score (nSPS) is 28.0. The van der Waals surface area contributed by atoms with Gasteiger partial charge in [-0.25, -0.2) is 9.18 Å². The van der Waals surface area contributed by atoms with E-state index in [1.165, 1.54) is 19.2 Å². The molecule has 1 saturated carbocycles. The van der Waals surface area contributed by atoms with Crippen molar-refractivity contribution in [3.63, 3.8) is 0 Å². The van der Waals surface area contributed by atoms with Gasteiger partial charge in [-0.15, -0.1) is 0 Å². The quantitative estimate of drug-likeness (QED) is 0.856. The van der Waals surface area contributed by atoms with Gasteiger partial charge in [0.15, 0.2) is 0 Å². The zero-order chi connectivity index (χ0) is 15.7. The van der Waals surface area contributed by atoms with E-state index >= 15 is 0 Å². The van der Waals surface area contributed by atoms with Crippen molar-refractivity contribution < 1.29 is 13.9 Å². The molecule has 0 aliphatic heterocycles. The van der Waals surface area contributed by atoms with Crippen LogP contribution in [0.15, 0.2) is 24.3 Å². The van der Waals surface area contributed by atoms with Crippen LogP contribution >= 0.6 is 0 Å². The second-order valence-electron chi connectivity index (χ2n) is 7.06. The molecule has 0 spiro atoms. The summed E-state index contributed by atoms with van der Waals surface area (Å²) in [6.07, 6.45) is 2.51. The van der Waals surface area contributed by atoms with Crippen LogP contribution in [0.1, 0.15) is 40.0 Å². The third-order valence-electron chi connectivity index (χ3n) is 4.18. The monoisotopic (exact) mass is 293 g/mol. The maximum atomic E-state index is 13.1. The van der Waals surface area contributed by atoms with Crippen LogP contribution < -0.4 is 5.32 Å². The Hall–Kier alpha value is -1.58. The topological polar surface area (TPSA) is 38.3 Å². The Labute approximate surface area is 125 Å².